The number of carbonyl (C=O) groups excluding carboxylic acids is 2. The largest absolute Gasteiger partial charge is 0.396 e. The van der Waals surface area contributed by atoms with Crippen LogP contribution in [0, 0.1) is 12.8 Å². The number of aryl methyl sites for hydroxylation is 1. The lowest BCUT2D eigenvalue weighted by molar-refractivity contribution is -0.155. The van der Waals surface area contributed by atoms with Crippen LogP contribution in [-0.2, 0) is 14.3 Å². The molecular formula is C19H30N4O6S. The average molecular weight is 443 g/mol. The normalized spacial score (nSPS) is 27.3. The first-order chi connectivity index (χ1) is 14.3. The van der Waals surface area contributed by atoms with E-state index in [9.17, 15) is 24.9 Å². The number of pyridine rings is 1. The molecule has 1 aliphatic rings. The standard InChI is InChI=1S/C19H30N4O6S/c1-3-15(26)23-16-17(27)11(7-24)13(8-25)29-19(16)30-9-12(20)18(28)22-14-5-4-10(2)6-21-14/h4-6,11-13,16-17,19,24-25,27H,3,7-9,20H2,1-2H3,(H,23,26)(H,21,22,28)/t11?,12-,13+,16+,17-,19-/m0/s1. The fraction of sp³-hybridized carbons (Fsp3) is 0.632. The first-order valence-electron chi connectivity index (χ1n) is 9.76. The van der Waals surface area contributed by atoms with E-state index in [1.54, 1.807) is 19.2 Å². The Morgan fingerprint density at radius 3 is 2.63 bits per heavy atom. The van der Waals surface area contributed by atoms with Crippen molar-refractivity contribution in [2.24, 2.45) is 11.7 Å². The molecule has 2 rings (SSSR count). The van der Waals surface area contributed by atoms with Crippen LogP contribution in [0.2, 0.25) is 0 Å². The maximum absolute atomic E-state index is 12.3. The van der Waals surface area contributed by atoms with E-state index in [4.69, 9.17) is 10.5 Å². The van der Waals surface area contributed by atoms with Gasteiger partial charge in [0.05, 0.1) is 37.5 Å². The van der Waals surface area contributed by atoms with E-state index in [1.807, 2.05) is 13.0 Å². The zero-order chi connectivity index (χ0) is 22.3. The summed E-state index contributed by atoms with van der Waals surface area (Å²) in [6.45, 7) is 2.74. The highest BCUT2D eigenvalue weighted by molar-refractivity contribution is 7.99. The number of hydrogen-bond donors (Lipinski definition) is 6. The number of aliphatic hydroxyl groups is 3. The van der Waals surface area contributed by atoms with Crippen molar-refractivity contribution in [3.05, 3.63) is 23.9 Å². The fourth-order valence-corrected chi connectivity index (χ4v) is 4.23. The van der Waals surface area contributed by atoms with Crippen molar-refractivity contribution in [2.45, 2.75) is 50.0 Å². The van der Waals surface area contributed by atoms with Crippen LogP contribution in [0.5, 0.6) is 0 Å². The summed E-state index contributed by atoms with van der Waals surface area (Å²) < 4.78 is 5.81. The Bertz CT molecular complexity index is 707. The van der Waals surface area contributed by atoms with Crippen LogP contribution in [0.25, 0.3) is 0 Å². The minimum atomic E-state index is -1.13. The Hall–Kier alpha value is -1.76. The highest BCUT2D eigenvalue weighted by Gasteiger charge is 2.45. The van der Waals surface area contributed by atoms with Gasteiger partial charge in [-0.05, 0) is 18.6 Å². The molecule has 1 aromatic rings. The molecule has 10 nitrogen and oxygen atoms in total. The predicted molar refractivity (Wildman–Crippen MR) is 113 cm³/mol. The van der Waals surface area contributed by atoms with Crippen molar-refractivity contribution in [1.82, 2.24) is 10.3 Å². The van der Waals surface area contributed by atoms with Gasteiger partial charge in [-0.3, -0.25) is 9.59 Å². The Balaban J connectivity index is 2.01. The summed E-state index contributed by atoms with van der Waals surface area (Å²) in [5, 5.41) is 35.1. The number of ether oxygens (including phenoxy) is 1. The van der Waals surface area contributed by atoms with Crippen LogP contribution in [0.1, 0.15) is 18.9 Å². The molecule has 0 bridgehead atoms. The summed E-state index contributed by atoms with van der Waals surface area (Å²) >= 11 is 1.15. The van der Waals surface area contributed by atoms with Crippen molar-refractivity contribution in [3.63, 3.8) is 0 Å². The van der Waals surface area contributed by atoms with Gasteiger partial charge in [-0.15, -0.1) is 11.8 Å². The van der Waals surface area contributed by atoms with E-state index in [1.165, 1.54) is 0 Å². The zero-order valence-electron chi connectivity index (χ0n) is 17.0. The number of aromatic nitrogens is 1. The van der Waals surface area contributed by atoms with Gasteiger partial charge in [0.25, 0.3) is 0 Å². The highest BCUT2D eigenvalue weighted by atomic mass is 32.2. The molecule has 1 unspecified atom stereocenters. The van der Waals surface area contributed by atoms with E-state index in [0.717, 1.165) is 17.3 Å². The molecule has 1 aromatic heterocycles. The van der Waals surface area contributed by atoms with Gasteiger partial charge in [0.1, 0.15) is 11.3 Å². The van der Waals surface area contributed by atoms with E-state index in [2.05, 4.69) is 15.6 Å². The smallest absolute Gasteiger partial charge is 0.243 e. The second-order valence-corrected chi connectivity index (χ2v) is 8.29. The summed E-state index contributed by atoms with van der Waals surface area (Å²) in [7, 11) is 0. The lowest BCUT2D eigenvalue weighted by Gasteiger charge is -2.44. The number of aliphatic hydroxyl groups excluding tert-OH is 3. The van der Waals surface area contributed by atoms with Crippen LogP contribution in [0.4, 0.5) is 5.82 Å². The molecular weight excluding hydrogens is 412 g/mol. The molecule has 0 aromatic carbocycles. The van der Waals surface area contributed by atoms with Crippen molar-refractivity contribution < 1.29 is 29.6 Å². The van der Waals surface area contributed by atoms with E-state index in [0.29, 0.717) is 5.82 Å². The number of rotatable bonds is 9. The minimum Gasteiger partial charge on any atom is -0.396 e. The van der Waals surface area contributed by atoms with Gasteiger partial charge < -0.3 is 36.4 Å². The fourth-order valence-electron chi connectivity index (χ4n) is 3.03. The molecule has 1 saturated heterocycles. The Morgan fingerprint density at radius 1 is 1.33 bits per heavy atom. The van der Waals surface area contributed by atoms with Crippen molar-refractivity contribution in [1.29, 1.82) is 0 Å². The molecule has 0 spiro atoms. The number of nitrogens with two attached hydrogens (primary N) is 1. The number of thioether (sulfide) groups is 1. The number of amides is 2. The third kappa shape index (κ3) is 6.37. The molecule has 6 atom stereocenters. The quantitative estimate of drug-likeness (QED) is 0.280. The number of nitrogens with one attached hydrogen (secondary N) is 2. The molecule has 1 aliphatic heterocycles. The van der Waals surface area contributed by atoms with Gasteiger partial charge in [0.15, 0.2) is 0 Å². The monoisotopic (exact) mass is 442 g/mol. The molecule has 168 valence electrons. The molecule has 11 heteroatoms. The van der Waals surface area contributed by atoms with Crippen LogP contribution in [0.3, 0.4) is 0 Å². The molecule has 0 saturated carbocycles. The van der Waals surface area contributed by atoms with Crippen molar-refractivity contribution >= 4 is 29.4 Å². The summed E-state index contributed by atoms with van der Waals surface area (Å²) in [5.41, 5.74) is 6.19. The lowest BCUT2D eigenvalue weighted by atomic mass is 9.89. The van der Waals surface area contributed by atoms with Crippen molar-refractivity contribution in [3.8, 4) is 0 Å². The molecule has 0 radical (unpaired) electrons. The van der Waals surface area contributed by atoms with E-state index < -0.39 is 54.8 Å². The van der Waals surface area contributed by atoms with Gasteiger partial charge in [0, 0.05) is 24.3 Å². The van der Waals surface area contributed by atoms with E-state index >= 15 is 0 Å². The molecule has 30 heavy (non-hydrogen) atoms. The first-order valence-corrected chi connectivity index (χ1v) is 10.8. The Morgan fingerprint density at radius 2 is 2.07 bits per heavy atom. The third-order valence-corrected chi connectivity index (χ3v) is 6.15. The first kappa shape index (κ1) is 24.5. The van der Waals surface area contributed by atoms with Gasteiger partial charge in [-0.25, -0.2) is 4.98 Å². The summed E-state index contributed by atoms with van der Waals surface area (Å²) in [6.07, 6.45) is -0.102. The van der Waals surface area contributed by atoms with Crippen molar-refractivity contribution in [2.75, 3.05) is 24.3 Å². The molecule has 2 heterocycles. The number of hydrogen-bond acceptors (Lipinski definition) is 9. The van der Waals surface area contributed by atoms with Crippen LogP contribution >= 0.6 is 11.8 Å². The van der Waals surface area contributed by atoms with Gasteiger partial charge in [-0.1, -0.05) is 13.0 Å². The second kappa shape index (κ2) is 11.6. The molecule has 2 amide bonds. The molecule has 1 fully saturated rings. The third-order valence-electron chi connectivity index (χ3n) is 4.87. The summed E-state index contributed by atoms with van der Waals surface area (Å²) in [4.78, 5) is 28.3. The van der Waals surface area contributed by atoms with Crippen LogP contribution in [0.15, 0.2) is 18.3 Å². The maximum Gasteiger partial charge on any atom is 0.243 e. The topological polar surface area (TPSA) is 167 Å². The zero-order valence-corrected chi connectivity index (χ0v) is 17.8. The number of carbonyl (C=O) groups is 2. The van der Waals surface area contributed by atoms with Crippen LogP contribution < -0.4 is 16.4 Å². The molecule has 7 N–H and O–H groups in total. The van der Waals surface area contributed by atoms with Gasteiger partial charge in [0.2, 0.25) is 11.8 Å². The number of anilines is 1. The SMILES string of the molecule is CCC(=O)N[C@H]1[C@H](SC[C@H](N)C(=O)Nc2ccc(C)cn2)O[C@H](CO)C(CO)[C@@H]1O. The minimum absolute atomic E-state index is 0.134. The highest BCUT2D eigenvalue weighted by Crippen LogP contribution is 2.32. The van der Waals surface area contributed by atoms with Crippen LogP contribution in [-0.4, -0.2) is 80.8 Å². The van der Waals surface area contributed by atoms with Gasteiger partial charge in [-0.2, -0.15) is 0 Å². The average Bonchev–Trinajstić information content (AvgIpc) is 2.74. The van der Waals surface area contributed by atoms with E-state index in [-0.39, 0.29) is 18.1 Å². The Kier molecular flexibility index (Phi) is 9.46. The number of nitrogens with zero attached hydrogens (tertiary/aromatic N) is 1. The maximum atomic E-state index is 12.3. The predicted octanol–water partition coefficient (Wildman–Crippen LogP) is -1.03. The lowest BCUT2D eigenvalue weighted by Crippen LogP contribution is -2.62. The second-order valence-electron chi connectivity index (χ2n) is 7.16. The van der Waals surface area contributed by atoms with Gasteiger partial charge >= 0.3 is 0 Å². The summed E-state index contributed by atoms with van der Waals surface area (Å²) in [6, 6.07) is 1.76. The molecule has 0 aliphatic carbocycles. The Labute approximate surface area is 179 Å². The summed E-state index contributed by atoms with van der Waals surface area (Å²) in [5.74, 6) is -0.959.